The van der Waals surface area contributed by atoms with Crippen molar-refractivity contribution in [2.24, 2.45) is 0 Å². The van der Waals surface area contributed by atoms with Gasteiger partial charge in [-0.1, -0.05) is 18.2 Å². The molecule has 4 aromatic rings. The molecule has 0 saturated carbocycles. The first-order chi connectivity index (χ1) is 14.6. The fourth-order valence-corrected chi connectivity index (χ4v) is 3.32. The SMILES string of the molecule is Cc1c(OC(=O)c2cc3ccccc3o2)ccc2c1O/C(=C\c1ccncc1)C2=O. The molecule has 2 aromatic carbocycles. The number of benzene rings is 2. The van der Waals surface area contributed by atoms with E-state index in [0.29, 0.717) is 28.2 Å². The minimum atomic E-state index is -0.619. The molecule has 0 radical (unpaired) electrons. The molecule has 0 N–H and O–H groups in total. The number of esters is 1. The third-order valence-corrected chi connectivity index (χ3v) is 4.87. The van der Waals surface area contributed by atoms with Crippen molar-refractivity contribution in [2.75, 3.05) is 0 Å². The number of fused-ring (bicyclic) bond motifs is 2. The Balaban J connectivity index is 1.43. The summed E-state index contributed by atoms with van der Waals surface area (Å²) < 4.78 is 16.9. The second kappa shape index (κ2) is 7.00. The van der Waals surface area contributed by atoms with Crippen LogP contribution in [0.4, 0.5) is 0 Å². The van der Waals surface area contributed by atoms with E-state index in [-0.39, 0.29) is 17.3 Å². The first-order valence-electron chi connectivity index (χ1n) is 9.29. The fraction of sp³-hybridized carbons (Fsp3) is 0.0417. The number of carbonyl (C=O) groups excluding carboxylic acids is 2. The molecular weight excluding hydrogens is 382 g/mol. The third kappa shape index (κ3) is 3.04. The van der Waals surface area contributed by atoms with Crippen LogP contribution in [0.15, 0.2) is 77.2 Å². The van der Waals surface area contributed by atoms with E-state index in [2.05, 4.69) is 4.98 Å². The van der Waals surface area contributed by atoms with Gasteiger partial charge in [-0.15, -0.1) is 0 Å². The number of pyridine rings is 1. The lowest BCUT2D eigenvalue weighted by Gasteiger charge is -2.09. The molecule has 0 amide bonds. The summed E-state index contributed by atoms with van der Waals surface area (Å²) in [4.78, 5) is 29.2. The second-order valence-electron chi connectivity index (χ2n) is 6.82. The van der Waals surface area contributed by atoms with Crippen molar-refractivity contribution in [2.45, 2.75) is 6.92 Å². The van der Waals surface area contributed by atoms with Gasteiger partial charge in [-0.25, -0.2) is 4.79 Å². The zero-order valence-electron chi connectivity index (χ0n) is 15.9. The predicted octanol–water partition coefficient (Wildman–Crippen LogP) is 4.97. The standard InChI is InChI=1S/C24H15NO5/c1-14-18(30-24(27)21-13-16-4-2-3-5-19(16)28-21)7-6-17-22(26)20(29-23(14)17)12-15-8-10-25-11-9-15/h2-13H,1H3/b20-12-. The van der Waals surface area contributed by atoms with Crippen molar-refractivity contribution >= 4 is 28.8 Å². The Kier molecular flexibility index (Phi) is 4.17. The summed E-state index contributed by atoms with van der Waals surface area (Å²) in [6.07, 6.45) is 4.93. The molecule has 6 nitrogen and oxygen atoms in total. The first kappa shape index (κ1) is 17.9. The Morgan fingerprint density at radius 2 is 1.87 bits per heavy atom. The summed E-state index contributed by atoms with van der Waals surface area (Å²) in [6.45, 7) is 1.74. The summed E-state index contributed by atoms with van der Waals surface area (Å²) in [5, 5.41) is 0.815. The van der Waals surface area contributed by atoms with Gasteiger partial charge in [0.1, 0.15) is 17.1 Å². The molecule has 5 rings (SSSR count). The van der Waals surface area contributed by atoms with Crippen LogP contribution in [-0.2, 0) is 0 Å². The van der Waals surface area contributed by atoms with Crippen molar-refractivity contribution in [3.8, 4) is 11.5 Å². The van der Waals surface area contributed by atoms with Gasteiger partial charge in [-0.05, 0) is 55.0 Å². The number of ketones is 1. The molecule has 146 valence electrons. The minimum absolute atomic E-state index is 0.103. The quantitative estimate of drug-likeness (QED) is 0.276. The number of aromatic nitrogens is 1. The largest absolute Gasteiger partial charge is 0.452 e. The van der Waals surface area contributed by atoms with Crippen LogP contribution in [-0.4, -0.2) is 16.7 Å². The Morgan fingerprint density at radius 1 is 1.07 bits per heavy atom. The summed E-state index contributed by atoms with van der Waals surface area (Å²) in [5.41, 5.74) is 2.39. The van der Waals surface area contributed by atoms with E-state index < -0.39 is 5.97 Å². The van der Waals surface area contributed by atoms with Crippen molar-refractivity contribution in [1.82, 2.24) is 4.98 Å². The van der Waals surface area contributed by atoms with Gasteiger partial charge >= 0.3 is 5.97 Å². The van der Waals surface area contributed by atoms with Gasteiger partial charge in [0.05, 0.1) is 5.56 Å². The molecule has 0 atom stereocenters. The van der Waals surface area contributed by atoms with Crippen molar-refractivity contribution in [3.63, 3.8) is 0 Å². The highest BCUT2D eigenvalue weighted by atomic mass is 16.5. The molecule has 1 aliphatic rings. The summed E-state index contributed by atoms with van der Waals surface area (Å²) >= 11 is 0. The van der Waals surface area contributed by atoms with Crippen molar-refractivity contribution < 1.29 is 23.5 Å². The Bertz CT molecular complexity index is 1300. The smallest absolute Gasteiger partial charge is 0.379 e. The number of ether oxygens (including phenoxy) is 2. The van der Waals surface area contributed by atoms with E-state index in [4.69, 9.17) is 13.9 Å². The van der Waals surface area contributed by atoms with Crippen LogP contribution >= 0.6 is 0 Å². The van der Waals surface area contributed by atoms with Crippen LogP contribution in [0.2, 0.25) is 0 Å². The number of hydrogen-bond acceptors (Lipinski definition) is 6. The zero-order chi connectivity index (χ0) is 20.7. The maximum absolute atomic E-state index is 12.7. The molecular formula is C24H15NO5. The monoisotopic (exact) mass is 397 g/mol. The Labute approximate surface area is 171 Å². The second-order valence-corrected chi connectivity index (χ2v) is 6.82. The molecule has 0 aliphatic carbocycles. The molecule has 30 heavy (non-hydrogen) atoms. The molecule has 6 heteroatoms. The number of Topliss-reactive ketones (excluding diaryl/α,β-unsaturated/α-hetero) is 1. The normalized spacial score (nSPS) is 14.0. The number of nitrogens with zero attached hydrogens (tertiary/aromatic N) is 1. The van der Waals surface area contributed by atoms with Crippen LogP contribution in [0.3, 0.4) is 0 Å². The van der Waals surface area contributed by atoms with Gasteiger partial charge in [0, 0.05) is 23.3 Å². The Morgan fingerprint density at radius 3 is 2.67 bits per heavy atom. The maximum atomic E-state index is 12.7. The highest BCUT2D eigenvalue weighted by Crippen LogP contribution is 2.39. The molecule has 3 heterocycles. The van der Waals surface area contributed by atoms with Crippen LogP contribution in [0.5, 0.6) is 11.5 Å². The molecule has 0 unspecified atom stereocenters. The molecule has 0 spiro atoms. The average Bonchev–Trinajstić information content (AvgIpc) is 3.33. The van der Waals surface area contributed by atoms with Crippen molar-refractivity contribution in [1.29, 1.82) is 0 Å². The maximum Gasteiger partial charge on any atom is 0.379 e. The number of carbonyl (C=O) groups is 2. The zero-order valence-corrected chi connectivity index (χ0v) is 15.9. The molecule has 0 fully saturated rings. The van der Waals surface area contributed by atoms with Crippen LogP contribution in [0, 0.1) is 6.92 Å². The van der Waals surface area contributed by atoms with Gasteiger partial charge in [0.25, 0.3) is 0 Å². The lowest BCUT2D eigenvalue weighted by atomic mass is 10.1. The van der Waals surface area contributed by atoms with Gasteiger partial charge in [-0.2, -0.15) is 0 Å². The Hall–Kier alpha value is -4.19. The minimum Gasteiger partial charge on any atom is -0.452 e. The van der Waals surface area contributed by atoms with Gasteiger partial charge in [0.2, 0.25) is 11.5 Å². The summed E-state index contributed by atoms with van der Waals surface area (Å²) in [5.74, 6) is 0.157. The van der Waals surface area contributed by atoms with E-state index in [1.54, 1.807) is 61.8 Å². The van der Waals surface area contributed by atoms with Crippen molar-refractivity contribution in [3.05, 3.63) is 95.2 Å². The molecule has 1 aliphatic heterocycles. The number of para-hydroxylation sites is 1. The molecule has 2 aromatic heterocycles. The number of hydrogen-bond donors (Lipinski definition) is 0. The van der Waals surface area contributed by atoms with Gasteiger partial charge < -0.3 is 13.9 Å². The van der Waals surface area contributed by atoms with E-state index in [0.717, 1.165) is 10.9 Å². The van der Waals surface area contributed by atoms with Crippen LogP contribution in [0.1, 0.15) is 32.0 Å². The highest BCUT2D eigenvalue weighted by Gasteiger charge is 2.30. The number of allylic oxidation sites excluding steroid dienone is 1. The molecule has 0 bridgehead atoms. The van der Waals surface area contributed by atoms with E-state index in [9.17, 15) is 9.59 Å². The summed E-state index contributed by atoms with van der Waals surface area (Å²) in [7, 11) is 0. The topological polar surface area (TPSA) is 78.6 Å². The lowest BCUT2D eigenvalue weighted by Crippen LogP contribution is -2.08. The number of furan rings is 1. The third-order valence-electron chi connectivity index (χ3n) is 4.87. The van der Waals surface area contributed by atoms with Gasteiger partial charge in [0.15, 0.2) is 5.76 Å². The first-order valence-corrected chi connectivity index (χ1v) is 9.29. The van der Waals surface area contributed by atoms with E-state index in [1.165, 1.54) is 0 Å². The van der Waals surface area contributed by atoms with E-state index in [1.807, 2.05) is 18.2 Å². The van der Waals surface area contributed by atoms with E-state index >= 15 is 0 Å². The fourth-order valence-electron chi connectivity index (χ4n) is 3.32. The molecule has 0 saturated heterocycles. The van der Waals surface area contributed by atoms with Crippen LogP contribution < -0.4 is 9.47 Å². The van der Waals surface area contributed by atoms with Crippen LogP contribution in [0.25, 0.3) is 17.0 Å². The lowest BCUT2D eigenvalue weighted by molar-refractivity contribution is 0.0702. The number of rotatable bonds is 3. The summed E-state index contributed by atoms with van der Waals surface area (Å²) in [6, 6.07) is 15.7. The highest BCUT2D eigenvalue weighted by molar-refractivity contribution is 6.15. The predicted molar refractivity (Wildman–Crippen MR) is 110 cm³/mol. The average molecular weight is 397 g/mol. The van der Waals surface area contributed by atoms with Gasteiger partial charge in [-0.3, -0.25) is 9.78 Å².